The van der Waals surface area contributed by atoms with Crippen LogP contribution in [0.15, 0.2) is 48.5 Å². The first kappa shape index (κ1) is 22.1. The molecule has 3 rings (SSSR count). The molecule has 158 valence electrons. The lowest BCUT2D eigenvalue weighted by Crippen LogP contribution is -2.40. The van der Waals surface area contributed by atoms with Crippen LogP contribution in [0, 0.1) is 24.7 Å². The van der Waals surface area contributed by atoms with E-state index < -0.39 is 0 Å². The van der Waals surface area contributed by atoms with Crippen molar-refractivity contribution in [2.24, 2.45) is 10.8 Å². The average Bonchev–Trinajstić information content (AvgIpc) is 3.05. The maximum Gasteiger partial charge on any atom is 0.0519 e. The maximum atomic E-state index is 2.71. The van der Waals surface area contributed by atoms with Crippen molar-refractivity contribution in [3.8, 4) is 0 Å². The Balaban J connectivity index is 1.94. The first-order chi connectivity index (χ1) is 13.5. The van der Waals surface area contributed by atoms with Gasteiger partial charge in [-0.05, 0) is 46.9 Å². The van der Waals surface area contributed by atoms with Gasteiger partial charge < -0.3 is 0 Å². The summed E-state index contributed by atoms with van der Waals surface area (Å²) in [6.07, 6.45) is 0. The van der Waals surface area contributed by atoms with Crippen LogP contribution >= 0.6 is 0 Å². The third kappa shape index (κ3) is 4.75. The number of nitrogens with zero attached hydrogens (tertiary/aromatic N) is 2. The van der Waals surface area contributed by atoms with Crippen molar-refractivity contribution in [1.82, 2.24) is 9.80 Å². The van der Waals surface area contributed by atoms with Crippen LogP contribution in [0.5, 0.6) is 0 Å². The Bertz CT molecular complexity index is 755. The van der Waals surface area contributed by atoms with Gasteiger partial charge in [0.15, 0.2) is 0 Å². The summed E-state index contributed by atoms with van der Waals surface area (Å²) >= 11 is 0. The Morgan fingerprint density at radius 3 is 1.28 bits per heavy atom. The fourth-order valence-corrected chi connectivity index (χ4v) is 5.26. The van der Waals surface area contributed by atoms with Crippen LogP contribution in [0.3, 0.4) is 0 Å². The SMILES string of the molecule is Cc1ccccc1[C@@H](N1CCN([C@H](c2ccccc2C)C(C)(C)C)C1)C(C)(C)C. The molecule has 2 heteroatoms. The molecule has 1 aliphatic heterocycles. The second-order valence-electron chi connectivity index (χ2n) is 11.0. The summed E-state index contributed by atoms with van der Waals surface area (Å²) in [5.74, 6) is 0. The van der Waals surface area contributed by atoms with E-state index in [2.05, 4.69) is 114 Å². The van der Waals surface area contributed by atoms with Crippen molar-refractivity contribution in [2.45, 2.75) is 67.5 Å². The standard InChI is InChI=1S/C27H40N2/c1-20-13-9-11-15-22(20)24(26(3,4)5)28-17-18-29(19-28)25(27(6,7)8)23-16-12-10-14-21(23)2/h9-16,24-25H,17-19H2,1-8H3/t24-,25-/m1/s1. The third-order valence-corrected chi connectivity index (χ3v) is 6.37. The second kappa shape index (κ2) is 8.24. The van der Waals surface area contributed by atoms with Gasteiger partial charge in [0.2, 0.25) is 0 Å². The second-order valence-corrected chi connectivity index (χ2v) is 11.0. The molecule has 0 amide bonds. The van der Waals surface area contributed by atoms with E-state index in [0.717, 1.165) is 19.8 Å². The largest absolute Gasteiger partial charge is 0.282 e. The molecule has 0 aliphatic carbocycles. The highest BCUT2D eigenvalue weighted by Gasteiger charge is 2.41. The van der Waals surface area contributed by atoms with Crippen molar-refractivity contribution < 1.29 is 0 Å². The van der Waals surface area contributed by atoms with E-state index in [9.17, 15) is 0 Å². The molecular weight excluding hydrogens is 352 g/mol. The van der Waals surface area contributed by atoms with Gasteiger partial charge in [0.25, 0.3) is 0 Å². The van der Waals surface area contributed by atoms with Gasteiger partial charge in [0.1, 0.15) is 0 Å². The van der Waals surface area contributed by atoms with E-state index in [1.54, 1.807) is 0 Å². The minimum absolute atomic E-state index is 0.183. The van der Waals surface area contributed by atoms with E-state index >= 15 is 0 Å². The average molecular weight is 393 g/mol. The smallest absolute Gasteiger partial charge is 0.0519 e. The molecule has 2 nitrogen and oxygen atoms in total. The van der Waals surface area contributed by atoms with Crippen molar-refractivity contribution in [2.75, 3.05) is 19.8 Å². The van der Waals surface area contributed by atoms with Crippen LogP contribution in [-0.2, 0) is 0 Å². The lowest BCUT2D eigenvalue weighted by Gasteiger charge is -2.42. The molecule has 0 saturated carbocycles. The molecule has 2 atom stereocenters. The monoisotopic (exact) mass is 392 g/mol. The van der Waals surface area contributed by atoms with Gasteiger partial charge in [-0.3, -0.25) is 9.80 Å². The number of hydrogen-bond acceptors (Lipinski definition) is 2. The molecule has 1 saturated heterocycles. The Morgan fingerprint density at radius 1 is 0.621 bits per heavy atom. The molecule has 0 spiro atoms. The summed E-state index contributed by atoms with van der Waals surface area (Å²) in [5.41, 5.74) is 6.12. The number of hydrogen-bond donors (Lipinski definition) is 0. The molecule has 2 aromatic rings. The summed E-state index contributed by atoms with van der Waals surface area (Å²) in [4.78, 5) is 5.42. The van der Waals surface area contributed by atoms with Gasteiger partial charge >= 0.3 is 0 Å². The summed E-state index contributed by atoms with van der Waals surface area (Å²) < 4.78 is 0. The van der Waals surface area contributed by atoms with Crippen LogP contribution in [0.4, 0.5) is 0 Å². The lowest BCUT2D eigenvalue weighted by atomic mass is 9.79. The topological polar surface area (TPSA) is 6.48 Å². The zero-order valence-electron chi connectivity index (χ0n) is 19.8. The molecule has 2 aromatic carbocycles. The highest BCUT2D eigenvalue weighted by atomic mass is 15.4. The normalized spacial score (nSPS) is 18.8. The molecule has 1 aliphatic rings. The van der Waals surface area contributed by atoms with Crippen LogP contribution in [0.2, 0.25) is 0 Å². The number of rotatable bonds is 4. The molecule has 1 heterocycles. The predicted octanol–water partition coefficient (Wildman–Crippen LogP) is 6.75. The molecule has 1 fully saturated rings. The van der Waals surface area contributed by atoms with Gasteiger partial charge in [0.05, 0.1) is 6.67 Å². The minimum atomic E-state index is 0.183. The Labute approximate surface area is 178 Å². The molecule has 29 heavy (non-hydrogen) atoms. The molecule has 0 aromatic heterocycles. The zero-order valence-corrected chi connectivity index (χ0v) is 19.8. The maximum absolute atomic E-state index is 2.71. The predicted molar refractivity (Wildman–Crippen MR) is 125 cm³/mol. The quantitative estimate of drug-likeness (QED) is 0.567. The van der Waals surface area contributed by atoms with E-state index in [0.29, 0.717) is 12.1 Å². The van der Waals surface area contributed by atoms with E-state index in [1.807, 2.05) is 0 Å². The van der Waals surface area contributed by atoms with Gasteiger partial charge in [-0.1, -0.05) is 90.1 Å². The summed E-state index contributed by atoms with van der Waals surface area (Å²) in [7, 11) is 0. The van der Waals surface area contributed by atoms with Crippen molar-refractivity contribution in [3.63, 3.8) is 0 Å². The molecule has 0 bridgehead atoms. The van der Waals surface area contributed by atoms with Crippen LogP contribution < -0.4 is 0 Å². The first-order valence-electron chi connectivity index (χ1n) is 11.1. The van der Waals surface area contributed by atoms with Crippen molar-refractivity contribution in [1.29, 1.82) is 0 Å². The molecular formula is C27H40N2. The van der Waals surface area contributed by atoms with E-state index in [1.165, 1.54) is 22.3 Å². The summed E-state index contributed by atoms with van der Waals surface area (Å²) in [5, 5.41) is 0. The van der Waals surface area contributed by atoms with Crippen molar-refractivity contribution in [3.05, 3.63) is 70.8 Å². The summed E-state index contributed by atoms with van der Waals surface area (Å²) in [6.45, 7) is 22.1. The van der Waals surface area contributed by atoms with Crippen molar-refractivity contribution >= 4 is 0 Å². The van der Waals surface area contributed by atoms with Crippen LogP contribution in [0.25, 0.3) is 0 Å². The van der Waals surface area contributed by atoms with Gasteiger partial charge in [-0.15, -0.1) is 0 Å². The third-order valence-electron chi connectivity index (χ3n) is 6.37. The van der Waals surface area contributed by atoms with Gasteiger partial charge in [-0.2, -0.15) is 0 Å². The Morgan fingerprint density at radius 2 is 0.966 bits per heavy atom. The van der Waals surface area contributed by atoms with Crippen LogP contribution in [-0.4, -0.2) is 29.6 Å². The first-order valence-corrected chi connectivity index (χ1v) is 11.1. The highest BCUT2D eigenvalue weighted by Crippen LogP contribution is 2.44. The highest BCUT2D eigenvalue weighted by molar-refractivity contribution is 5.32. The Hall–Kier alpha value is -1.64. The number of benzene rings is 2. The molecule has 0 N–H and O–H groups in total. The van der Waals surface area contributed by atoms with Crippen LogP contribution in [0.1, 0.15) is 75.9 Å². The summed E-state index contributed by atoms with van der Waals surface area (Å²) in [6, 6.07) is 18.7. The molecule has 0 radical (unpaired) electrons. The van der Waals surface area contributed by atoms with Gasteiger partial charge in [-0.25, -0.2) is 0 Å². The fraction of sp³-hybridized carbons (Fsp3) is 0.556. The lowest BCUT2D eigenvalue weighted by molar-refractivity contribution is 0.0632. The zero-order chi connectivity index (χ0) is 21.4. The number of aryl methyl sites for hydroxylation is 2. The Kier molecular flexibility index (Phi) is 6.27. The van der Waals surface area contributed by atoms with Gasteiger partial charge in [0, 0.05) is 25.2 Å². The fourth-order valence-electron chi connectivity index (χ4n) is 5.26. The minimum Gasteiger partial charge on any atom is -0.282 e. The van der Waals surface area contributed by atoms with E-state index in [4.69, 9.17) is 0 Å². The molecule has 0 unspecified atom stereocenters. The van der Waals surface area contributed by atoms with E-state index in [-0.39, 0.29) is 10.8 Å².